The van der Waals surface area contributed by atoms with Gasteiger partial charge in [-0.1, -0.05) is 22.6 Å². The molecular weight excluding hydrogens is 216 g/mol. The van der Waals surface area contributed by atoms with E-state index in [1.165, 1.54) is 6.20 Å². The number of rotatable bonds is 2. The van der Waals surface area contributed by atoms with Crippen molar-refractivity contribution in [3.63, 3.8) is 0 Å². The molecule has 0 bridgehead atoms. The van der Waals surface area contributed by atoms with E-state index in [-0.39, 0.29) is 11.0 Å². The third-order valence-electron chi connectivity index (χ3n) is 1.38. The molecule has 0 aromatic carbocycles. The average molecular weight is 223 g/mol. The molecule has 7 heteroatoms. The molecule has 1 heterocycles. The largest absolute Gasteiger partial charge is 0.381 e. The first-order chi connectivity index (χ1) is 7.24. The van der Waals surface area contributed by atoms with Crippen LogP contribution in [0.15, 0.2) is 11.3 Å². The molecule has 0 unspecified atom stereocenters. The van der Waals surface area contributed by atoms with Crippen LogP contribution in [0.25, 0.3) is 10.4 Å². The highest BCUT2D eigenvalue weighted by Gasteiger charge is 1.98. The van der Waals surface area contributed by atoms with Gasteiger partial charge in [0.1, 0.15) is 5.15 Å². The first-order valence-electron chi connectivity index (χ1n) is 4.02. The number of nitrogens with zero attached hydrogens (tertiary/aromatic N) is 5. The molecule has 2 N–H and O–H groups in total. The molecule has 1 aromatic heterocycles. The molecule has 0 fully saturated rings. The fourth-order valence-corrected chi connectivity index (χ4v) is 0.899. The summed E-state index contributed by atoms with van der Waals surface area (Å²) in [7, 11) is 0. The summed E-state index contributed by atoms with van der Waals surface area (Å²) >= 11 is 5.62. The van der Waals surface area contributed by atoms with Gasteiger partial charge in [-0.2, -0.15) is 0 Å². The topological polar surface area (TPSA) is 101 Å². The summed E-state index contributed by atoms with van der Waals surface area (Å²) < 4.78 is 0. The predicted molar refractivity (Wildman–Crippen MR) is 57.0 cm³/mol. The Balaban J connectivity index is 2.70. The fraction of sp³-hybridized carbons (Fsp3) is 0.250. The number of aromatic nitrogens is 2. The van der Waals surface area contributed by atoms with Crippen LogP contribution in [0.4, 0.5) is 5.82 Å². The molecule has 76 valence electrons. The quantitative estimate of drug-likeness (QED) is 0.271. The predicted octanol–water partition coefficient (Wildman–Crippen LogP) is 1.76. The second-order valence-corrected chi connectivity index (χ2v) is 2.82. The average Bonchev–Trinajstić information content (AvgIpc) is 2.23. The third-order valence-corrected chi connectivity index (χ3v) is 1.56. The lowest BCUT2D eigenvalue weighted by Crippen LogP contribution is -1.97. The zero-order valence-electron chi connectivity index (χ0n) is 7.68. The molecule has 15 heavy (non-hydrogen) atoms. The highest BCUT2D eigenvalue weighted by molar-refractivity contribution is 6.29. The fourth-order valence-electron chi connectivity index (χ4n) is 0.766. The Morgan fingerprint density at radius 2 is 2.47 bits per heavy atom. The van der Waals surface area contributed by atoms with Crippen molar-refractivity contribution in [3.8, 4) is 11.8 Å². The maximum atomic E-state index is 8.01. The summed E-state index contributed by atoms with van der Waals surface area (Å²) in [5.74, 6) is 5.68. The van der Waals surface area contributed by atoms with Crippen molar-refractivity contribution in [2.24, 2.45) is 5.11 Å². The summed E-state index contributed by atoms with van der Waals surface area (Å²) in [4.78, 5) is 10.3. The van der Waals surface area contributed by atoms with Crippen molar-refractivity contribution >= 4 is 17.4 Å². The molecule has 0 aliphatic carbocycles. The standard InChI is InChI=1S/C8H7ClN6/c9-7-5-12-8(10)6(14-7)3-1-2-4-13-15-11/h5H,2,4H2,(H2,10,12). The van der Waals surface area contributed by atoms with Crippen molar-refractivity contribution in [1.82, 2.24) is 9.97 Å². The van der Waals surface area contributed by atoms with Crippen molar-refractivity contribution in [2.45, 2.75) is 6.42 Å². The van der Waals surface area contributed by atoms with Crippen LogP contribution in [0.2, 0.25) is 5.15 Å². The number of azide groups is 1. The SMILES string of the molecule is [N-]=[N+]=NCCC#Cc1nc(Cl)cnc1N. The van der Waals surface area contributed by atoms with Crippen molar-refractivity contribution in [2.75, 3.05) is 12.3 Å². The molecule has 0 saturated heterocycles. The van der Waals surface area contributed by atoms with Gasteiger partial charge in [0.15, 0.2) is 11.5 Å². The lowest BCUT2D eigenvalue weighted by Gasteiger charge is -1.95. The van der Waals surface area contributed by atoms with Crippen LogP contribution in [0.3, 0.4) is 0 Å². The molecular formula is C8H7ClN6. The van der Waals surface area contributed by atoms with E-state index in [1.54, 1.807) is 0 Å². The molecule has 0 aliphatic rings. The maximum Gasteiger partial charge on any atom is 0.158 e. The highest BCUT2D eigenvalue weighted by atomic mass is 35.5. The van der Waals surface area contributed by atoms with Gasteiger partial charge in [0.2, 0.25) is 0 Å². The second kappa shape index (κ2) is 5.70. The van der Waals surface area contributed by atoms with Gasteiger partial charge >= 0.3 is 0 Å². The van der Waals surface area contributed by atoms with Crippen molar-refractivity contribution in [3.05, 3.63) is 27.5 Å². The maximum absolute atomic E-state index is 8.01. The lowest BCUT2D eigenvalue weighted by atomic mass is 10.3. The molecule has 0 aliphatic heterocycles. The van der Waals surface area contributed by atoms with Gasteiger partial charge in [-0.15, -0.1) is 0 Å². The molecule has 0 atom stereocenters. The van der Waals surface area contributed by atoms with Crippen LogP contribution in [-0.4, -0.2) is 16.5 Å². The summed E-state index contributed by atoms with van der Waals surface area (Å²) in [5, 5.41) is 3.57. The number of nitrogens with two attached hydrogens (primary N) is 1. The van der Waals surface area contributed by atoms with Gasteiger partial charge < -0.3 is 5.73 Å². The summed E-state index contributed by atoms with van der Waals surface area (Å²) in [6.07, 6.45) is 1.79. The van der Waals surface area contributed by atoms with Crippen molar-refractivity contribution in [1.29, 1.82) is 0 Å². The molecule has 6 nitrogen and oxygen atoms in total. The van der Waals surface area contributed by atoms with E-state index in [0.29, 0.717) is 18.7 Å². The van der Waals surface area contributed by atoms with Gasteiger partial charge in [-0.05, 0) is 11.5 Å². The van der Waals surface area contributed by atoms with E-state index in [4.69, 9.17) is 22.9 Å². The van der Waals surface area contributed by atoms with Gasteiger partial charge in [0.25, 0.3) is 0 Å². The molecule has 0 saturated carbocycles. The van der Waals surface area contributed by atoms with E-state index < -0.39 is 0 Å². The summed E-state index contributed by atoms with van der Waals surface area (Å²) in [6, 6.07) is 0. The van der Waals surface area contributed by atoms with Gasteiger partial charge in [-0.3, -0.25) is 0 Å². The first-order valence-corrected chi connectivity index (χ1v) is 4.39. The molecule has 0 spiro atoms. The van der Waals surface area contributed by atoms with Gasteiger partial charge in [-0.25, -0.2) is 9.97 Å². The Morgan fingerprint density at radius 3 is 3.20 bits per heavy atom. The van der Waals surface area contributed by atoms with E-state index in [2.05, 4.69) is 31.8 Å². The lowest BCUT2D eigenvalue weighted by molar-refractivity contribution is 1.01. The monoisotopic (exact) mass is 222 g/mol. The Morgan fingerprint density at radius 1 is 1.67 bits per heavy atom. The molecule has 1 rings (SSSR count). The molecule has 1 aromatic rings. The zero-order chi connectivity index (χ0) is 11.1. The minimum atomic E-state index is 0.232. The summed E-state index contributed by atoms with van der Waals surface area (Å²) in [6.45, 7) is 0.317. The van der Waals surface area contributed by atoms with E-state index in [0.717, 1.165) is 0 Å². The van der Waals surface area contributed by atoms with Crippen LogP contribution in [0.5, 0.6) is 0 Å². The van der Waals surface area contributed by atoms with E-state index >= 15 is 0 Å². The number of hydrogen-bond acceptors (Lipinski definition) is 4. The molecule has 0 radical (unpaired) electrons. The third kappa shape index (κ3) is 3.73. The Bertz CT molecular complexity index is 454. The number of halogens is 1. The zero-order valence-corrected chi connectivity index (χ0v) is 8.44. The molecule has 0 amide bonds. The first kappa shape index (κ1) is 11.1. The highest BCUT2D eigenvalue weighted by Crippen LogP contribution is 2.08. The second-order valence-electron chi connectivity index (χ2n) is 2.43. The van der Waals surface area contributed by atoms with Crippen LogP contribution < -0.4 is 5.73 Å². The smallest absolute Gasteiger partial charge is 0.158 e. The van der Waals surface area contributed by atoms with Gasteiger partial charge in [0, 0.05) is 17.9 Å². The minimum absolute atomic E-state index is 0.232. The minimum Gasteiger partial charge on any atom is -0.381 e. The summed E-state index contributed by atoms with van der Waals surface area (Å²) in [5.41, 5.74) is 13.9. The van der Waals surface area contributed by atoms with E-state index in [1.807, 2.05) is 0 Å². The van der Waals surface area contributed by atoms with E-state index in [9.17, 15) is 0 Å². The van der Waals surface area contributed by atoms with Crippen molar-refractivity contribution < 1.29 is 0 Å². The van der Waals surface area contributed by atoms with Crippen LogP contribution in [-0.2, 0) is 0 Å². The number of anilines is 1. The van der Waals surface area contributed by atoms with Crippen LogP contribution in [0.1, 0.15) is 12.1 Å². The van der Waals surface area contributed by atoms with Crippen LogP contribution >= 0.6 is 11.6 Å². The number of nitrogen functional groups attached to an aromatic ring is 1. The van der Waals surface area contributed by atoms with Gasteiger partial charge in [0.05, 0.1) is 6.20 Å². The Labute approximate surface area is 91.1 Å². The van der Waals surface area contributed by atoms with Crippen LogP contribution in [0, 0.1) is 11.8 Å². The number of hydrogen-bond donors (Lipinski definition) is 1. The normalized spacial score (nSPS) is 8.60. The Hall–Kier alpha value is -1.96. The Kier molecular flexibility index (Phi) is 4.23.